The van der Waals surface area contributed by atoms with Crippen LogP contribution in [0.25, 0.3) is 0 Å². The first kappa shape index (κ1) is 17.2. The van der Waals surface area contributed by atoms with Crippen LogP contribution in [0.4, 0.5) is 5.69 Å². The highest BCUT2D eigenvalue weighted by atomic mass is 32.2. The molecule has 9 nitrogen and oxygen atoms in total. The summed E-state index contributed by atoms with van der Waals surface area (Å²) in [5.74, 6) is -3.31. The third-order valence-corrected chi connectivity index (χ3v) is 4.94. The van der Waals surface area contributed by atoms with Crippen LogP contribution in [0.15, 0.2) is 36.4 Å². The minimum Gasteiger partial charge on any atom is -0.493 e. The Kier molecular flexibility index (Phi) is 4.83. The fraction of sp³-hybridized carbons (Fsp3) is 0.318. The van der Waals surface area contributed by atoms with Crippen molar-refractivity contribution in [2.75, 3.05) is 30.9 Å². The standard InChI is InChI=1S/C22H24N2O7S/c1-5-31-19-11-14(9-10-18(19)30-3)17(12-32(4,28)29)24-21(26)15-7-6-8-16(23-13(2)25)20(15)22(24)27/h6-11,17H,5,12H2,1-4H3,(H,23,25)/i5D2,12D2,17D. The molecule has 0 saturated heterocycles. The molecule has 0 bridgehead atoms. The van der Waals surface area contributed by atoms with Crippen molar-refractivity contribution in [3.05, 3.63) is 53.1 Å². The van der Waals surface area contributed by atoms with Crippen molar-refractivity contribution in [1.82, 2.24) is 4.90 Å². The van der Waals surface area contributed by atoms with Gasteiger partial charge < -0.3 is 14.8 Å². The van der Waals surface area contributed by atoms with E-state index >= 15 is 0 Å². The Hall–Kier alpha value is -3.40. The van der Waals surface area contributed by atoms with E-state index in [0.29, 0.717) is 6.26 Å². The zero-order valence-electron chi connectivity index (χ0n) is 22.7. The molecule has 1 aliphatic heterocycles. The number of fused-ring (bicyclic) bond motifs is 1. The summed E-state index contributed by atoms with van der Waals surface area (Å²) in [4.78, 5) is 38.9. The number of nitrogens with one attached hydrogen (secondary N) is 1. The first-order chi connectivity index (χ1) is 16.9. The largest absolute Gasteiger partial charge is 0.493 e. The fourth-order valence-corrected chi connectivity index (χ4v) is 3.77. The second kappa shape index (κ2) is 8.99. The summed E-state index contributed by atoms with van der Waals surface area (Å²) >= 11 is 0. The minimum atomic E-state index is -4.79. The average molecular weight is 466 g/mol. The van der Waals surface area contributed by atoms with Gasteiger partial charge in [-0.1, -0.05) is 12.1 Å². The van der Waals surface area contributed by atoms with E-state index in [0.717, 1.165) is 19.1 Å². The molecule has 0 saturated carbocycles. The summed E-state index contributed by atoms with van der Waals surface area (Å²) in [5, 5.41) is 2.40. The van der Waals surface area contributed by atoms with Crippen molar-refractivity contribution in [2.24, 2.45) is 0 Å². The van der Waals surface area contributed by atoms with Crippen LogP contribution < -0.4 is 14.8 Å². The number of anilines is 1. The molecule has 1 aliphatic rings. The lowest BCUT2D eigenvalue weighted by molar-refractivity contribution is -0.114. The highest BCUT2D eigenvalue weighted by Crippen LogP contribution is 2.38. The van der Waals surface area contributed by atoms with Crippen LogP contribution in [-0.4, -0.2) is 56.7 Å². The molecule has 1 atom stereocenters. The summed E-state index contributed by atoms with van der Waals surface area (Å²) in [5.41, 5.74) is -4.77. The van der Waals surface area contributed by atoms with Gasteiger partial charge in [0.2, 0.25) is 5.91 Å². The van der Waals surface area contributed by atoms with E-state index in [1.807, 2.05) is 0 Å². The maximum absolute atomic E-state index is 13.6. The molecule has 0 aromatic heterocycles. The van der Waals surface area contributed by atoms with Crippen LogP contribution >= 0.6 is 0 Å². The van der Waals surface area contributed by atoms with Gasteiger partial charge in [-0.2, -0.15) is 0 Å². The monoisotopic (exact) mass is 465 g/mol. The van der Waals surface area contributed by atoms with E-state index in [9.17, 15) is 24.2 Å². The van der Waals surface area contributed by atoms with Gasteiger partial charge in [0, 0.05) is 15.9 Å². The molecule has 170 valence electrons. The smallest absolute Gasteiger partial charge is 0.264 e. The van der Waals surface area contributed by atoms with Gasteiger partial charge in [-0.3, -0.25) is 19.3 Å². The first-order valence-electron chi connectivity index (χ1n) is 11.7. The molecule has 1 N–H and O–H groups in total. The molecule has 2 aromatic rings. The molecule has 0 spiro atoms. The SMILES string of the molecule is [2H]C([2H])(C)Oc1cc(C([2H])(N2C(=O)c3cccc(NC(C)=O)c3C2=O)C([2H])([2H])S(C)(=O)=O)ccc1OC. The highest BCUT2D eigenvalue weighted by molar-refractivity contribution is 7.90. The Morgan fingerprint density at radius 3 is 2.53 bits per heavy atom. The molecule has 0 aliphatic carbocycles. The van der Waals surface area contributed by atoms with Gasteiger partial charge in [-0.25, -0.2) is 8.42 Å². The number of carbonyl (C=O) groups excluding carboxylic acids is 3. The Morgan fingerprint density at radius 2 is 1.94 bits per heavy atom. The zero-order chi connectivity index (χ0) is 28.1. The molecule has 3 rings (SSSR count). The van der Waals surface area contributed by atoms with Gasteiger partial charge in [0.1, 0.15) is 9.84 Å². The lowest BCUT2D eigenvalue weighted by Crippen LogP contribution is -2.37. The summed E-state index contributed by atoms with van der Waals surface area (Å²) in [6.07, 6.45) is 0.517. The van der Waals surface area contributed by atoms with E-state index in [4.69, 9.17) is 15.0 Å². The van der Waals surface area contributed by atoms with Crippen LogP contribution in [0.1, 0.15) is 53.0 Å². The van der Waals surface area contributed by atoms with E-state index in [-0.39, 0.29) is 33.2 Å². The Balaban J connectivity index is 2.35. The maximum atomic E-state index is 13.6. The van der Waals surface area contributed by atoms with Gasteiger partial charge in [-0.05, 0) is 36.8 Å². The number of imide groups is 1. The second-order valence-corrected chi connectivity index (χ2v) is 8.50. The maximum Gasteiger partial charge on any atom is 0.264 e. The van der Waals surface area contributed by atoms with Crippen molar-refractivity contribution >= 4 is 33.2 Å². The number of hydrogen-bond acceptors (Lipinski definition) is 7. The molecule has 10 heteroatoms. The number of hydrogen-bond donors (Lipinski definition) is 1. The number of ether oxygens (including phenoxy) is 2. The zero-order valence-corrected chi connectivity index (χ0v) is 18.5. The van der Waals surface area contributed by atoms with Crippen LogP contribution in [0.2, 0.25) is 0 Å². The van der Waals surface area contributed by atoms with E-state index < -0.39 is 51.4 Å². The Morgan fingerprint density at radius 1 is 1.22 bits per heavy atom. The third kappa shape index (κ3) is 4.59. The number of carbonyl (C=O) groups is 3. The Bertz CT molecular complexity index is 1410. The van der Waals surface area contributed by atoms with Gasteiger partial charge >= 0.3 is 0 Å². The quantitative estimate of drug-likeness (QED) is 0.595. The molecule has 1 heterocycles. The summed E-state index contributed by atoms with van der Waals surface area (Å²) in [7, 11) is -3.55. The second-order valence-electron chi connectivity index (χ2n) is 6.75. The van der Waals surface area contributed by atoms with Crippen LogP contribution in [0.5, 0.6) is 11.5 Å². The van der Waals surface area contributed by atoms with Crippen molar-refractivity contribution in [3.8, 4) is 11.5 Å². The van der Waals surface area contributed by atoms with E-state index in [1.54, 1.807) is 0 Å². The number of nitrogens with zero attached hydrogens (tertiary/aromatic N) is 1. The van der Waals surface area contributed by atoms with Crippen LogP contribution in [0, 0.1) is 0 Å². The lowest BCUT2D eigenvalue weighted by atomic mass is 10.1. The molecule has 1 unspecified atom stereocenters. The topological polar surface area (TPSA) is 119 Å². The van der Waals surface area contributed by atoms with Crippen molar-refractivity contribution in [1.29, 1.82) is 0 Å². The first-order valence-corrected chi connectivity index (χ1v) is 11.1. The van der Waals surface area contributed by atoms with Crippen molar-refractivity contribution in [3.63, 3.8) is 0 Å². The highest BCUT2D eigenvalue weighted by Gasteiger charge is 2.43. The lowest BCUT2D eigenvalue weighted by Gasteiger charge is -2.27. The third-order valence-electron chi connectivity index (χ3n) is 4.38. The van der Waals surface area contributed by atoms with E-state index in [2.05, 4.69) is 5.32 Å². The van der Waals surface area contributed by atoms with Crippen LogP contribution in [-0.2, 0) is 14.6 Å². The minimum absolute atomic E-state index is 0.0351. The summed E-state index contributed by atoms with van der Waals surface area (Å²) in [6.45, 7) is -0.0352. The number of rotatable bonds is 8. The van der Waals surface area contributed by atoms with E-state index in [1.165, 1.54) is 38.3 Å². The molecule has 32 heavy (non-hydrogen) atoms. The predicted octanol–water partition coefficient (Wildman–Crippen LogP) is 2.43. The molecular formula is C22H24N2O7S. The van der Waals surface area contributed by atoms with Crippen molar-refractivity contribution in [2.45, 2.75) is 19.9 Å². The average Bonchev–Trinajstić information content (AvgIpc) is 3.02. The summed E-state index contributed by atoms with van der Waals surface area (Å²) in [6, 6.07) is 3.86. The normalized spacial score (nSPS) is 18.4. The molecule has 3 amide bonds. The number of sulfone groups is 1. The van der Waals surface area contributed by atoms with Crippen LogP contribution in [0.3, 0.4) is 0 Å². The fourth-order valence-electron chi connectivity index (χ4n) is 3.21. The molecule has 0 fully saturated rings. The van der Waals surface area contributed by atoms with Crippen molar-refractivity contribution < 1.29 is 39.1 Å². The molecule has 2 aromatic carbocycles. The predicted molar refractivity (Wildman–Crippen MR) is 118 cm³/mol. The molecular weight excluding hydrogens is 436 g/mol. The number of benzene rings is 2. The number of methoxy groups -OCH3 is 1. The van der Waals surface area contributed by atoms with Gasteiger partial charge in [0.15, 0.2) is 11.5 Å². The van der Waals surface area contributed by atoms with Gasteiger partial charge in [-0.15, -0.1) is 0 Å². The number of amides is 3. The van der Waals surface area contributed by atoms with Gasteiger partial charge in [0.25, 0.3) is 11.8 Å². The summed E-state index contributed by atoms with van der Waals surface area (Å²) < 4.78 is 77.2. The Labute approximate surface area is 193 Å². The molecule has 0 radical (unpaired) electrons. The van der Waals surface area contributed by atoms with Gasteiger partial charge in [0.05, 0.1) is 46.3 Å².